The van der Waals surface area contributed by atoms with Crippen molar-refractivity contribution >= 4 is 23.4 Å². The van der Waals surface area contributed by atoms with Gasteiger partial charge in [-0.3, -0.25) is 19.7 Å². The second-order valence-corrected chi connectivity index (χ2v) is 9.04. The van der Waals surface area contributed by atoms with Crippen LogP contribution in [-0.2, 0) is 16.1 Å². The van der Waals surface area contributed by atoms with Gasteiger partial charge in [0.15, 0.2) is 0 Å². The zero-order valence-electron chi connectivity index (χ0n) is 16.2. The minimum absolute atomic E-state index is 0.104. The van der Waals surface area contributed by atoms with Crippen molar-refractivity contribution < 1.29 is 14.4 Å². The molecular formula is C21H27N3O3. The molecule has 2 unspecified atom stereocenters. The highest BCUT2D eigenvalue weighted by atomic mass is 16.2. The molecule has 0 aromatic heterocycles. The van der Waals surface area contributed by atoms with Crippen LogP contribution in [0.5, 0.6) is 0 Å². The van der Waals surface area contributed by atoms with E-state index < -0.39 is 6.04 Å². The maximum absolute atomic E-state index is 13.0. The number of fused-ring (bicyclic) bond motifs is 1. The topological polar surface area (TPSA) is 69.7 Å². The monoisotopic (exact) mass is 369 g/mol. The van der Waals surface area contributed by atoms with Gasteiger partial charge in [0.2, 0.25) is 11.8 Å². The molecule has 0 aliphatic carbocycles. The summed E-state index contributed by atoms with van der Waals surface area (Å²) in [7, 11) is 0. The fourth-order valence-electron chi connectivity index (χ4n) is 4.44. The van der Waals surface area contributed by atoms with Crippen molar-refractivity contribution in [2.45, 2.75) is 52.6 Å². The normalized spacial score (nSPS) is 25.8. The van der Waals surface area contributed by atoms with Gasteiger partial charge in [-0.05, 0) is 41.9 Å². The minimum atomic E-state index is -0.553. The number of anilines is 1. The molecule has 1 N–H and O–H groups in total. The van der Waals surface area contributed by atoms with E-state index in [1.165, 1.54) is 0 Å². The number of nitrogens with one attached hydrogen (secondary N) is 1. The Bertz CT molecular complexity index is 811. The highest BCUT2D eigenvalue weighted by Crippen LogP contribution is 2.37. The first kappa shape index (κ1) is 18.0. The van der Waals surface area contributed by atoms with Crippen LogP contribution in [0.3, 0.4) is 0 Å². The summed E-state index contributed by atoms with van der Waals surface area (Å²) in [5.41, 5.74) is 3.01. The van der Waals surface area contributed by atoms with Gasteiger partial charge in [-0.1, -0.05) is 26.8 Å². The van der Waals surface area contributed by atoms with Crippen LogP contribution in [0.1, 0.15) is 56.0 Å². The summed E-state index contributed by atoms with van der Waals surface area (Å²) in [4.78, 5) is 40.5. The van der Waals surface area contributed by atoms with E-state index in [4.69, 9.17) is 0 Å². The van der Waals surface area contributed by atoms with Crippen LogP contribution in [0.15, 0.2) is 18.2 Å². The fraction of sp³-hybridized carbons (Fsp3) is 0.571. The van der Waals surface area contributed by atoms with Crippen LogP contribution in [0.25, 0.3) is 0 Å². The van der Waals surface area contributed by atoms with Gasteiger partial charge in [-0.15, -0.1) is 0 Å². The summed E-state index contributed by atoms with van der Waals surface area (Å²) in [5, 5.41) is 2.35. The van der Waals surface area contributed by atoms with E-state index in [0.717, 1.165) is 30.8 Å². The highest BCUT2D eigenvalue weighted by Gasteiger charge is 2.39. The Morgan fingerprint density at radius 1 is 1.11 bits per heavy atom. The van der Waals surface area contributed by atoms with Crippen molar-refractivity contribution in [3.8, 4) is 0 Å². The molecule has 0 saturated carbocycles. The molecule has 2 fully saturated rings. The molecule has 6 nitrogen and oxygen atoms in total. The van der Waals surface area contributed by atoms with Crippen molar-refractivity contribution in [1.29, 1.82) is 0 Å². The van der Waals surface area contributed by atoms with Gasteiger partial charge < -0.3 is 9.80 Å². The molecule has 0 spiro atoms. The van der Waals surface area contributed by atoms with E-state index in [9.17, 15) is 14.4 Å². The number of carbonyl (C=O) groups is 3. The summed E-state index contributed by atoms with van der Waals surface area (Å²) < 4.78 is 0. The molecule has 3 heterocycles. The largest absolute Gasteiger partial charge is 0.371 e. The van der Waals surface area contributed by atoms with Crippen LogP contribution in [0.4, 0.5) is 5.69 Å². The molecule has 2 saturated heterocycles. The quantitative estimate of drug-likeness (QED) is 0.813. The Hall–Kier alpha value is -2.37. The number of hydrogen-bond donors (Lipinski definition) is 1. The molecule has 1 aromatic carbocycles. The van der Waals surface area contributed by atoms with Gasteiger partial charge in [0.05, 0.1) is 0 Å². The first-order valence-electron chi connectivity index (χ1n) is 9.76. The van der Waals surface area contributed by atoms with E-state index in [-0.39, 0.29) is 29.6 Å². The number of hydrogen-bond acceptors (Lipinski definition) is 4. The average Bonchev–Trinajstić information content (AvgIpc) is 3.20. The van der Waals surface area contributed by atoms with Gasteiger partial charge in [-0.25, -0.2) is 0 Å². The van der Waals surface area contributed by atoms with E-state index >= 15 is 0 Å². The number of benzene rings is 1. The molecule has 27 heavy (non-hydrogen) atoms. The third kappa shape index (κ3) is 3.22. The Morgan fingerprint density at radius 2 is 1.89 bits per heavy atom. The Labute approximate surface area is 159 Å². The van der Waals surface area contributed by atoms with Crippen molar-refractivity contribution in [2.24, 2.45) is 11.3 Å². The third-order valence-corrected chi connectivity index (χ3v) is 6.29. The first-order valence-corrected chi connectivity index (χ1v) is 9.76. The van der Waals surface area contributed by atoms with Gasteiger partial charge in [0.1, 0.15) is 6.04 Å². The predicted octanol–water partition coefficient (Wildman–Crippen LogP) is 2.32. The van der Waals surface area contributed by atoms with Crippen molar-refractivity contribution in [1.82, 2.24) is 10.2 Å². The number of piperidine rings is 1. The molecule has 3 amide bonds. The van der Waals surface area contributed by atoms with Crippen LogP contribution < -0.4 is 10.2 Å². The summed E-state index contributed by atoms with van der Waals surface area (Å²) in [6, 6.07) is 5.53. The molecule has 4 rings (SSSR count). The summed E-state index contributed by atoms with van der Waals surface area (Å²) in [6.07, 6.45) is 1.84. The third-order valence-electron chi connectivity index (χ3n) is 6.29. The molecule has 0 radical (unpaired) electrons. The van der Waals surface area contributed by atoms with E-state index in [1.807, 2.05) is 12.1 Å². The zero-order chi connectivity index (χ0) is 19.3. The molecule has 3 aliphatic heterocycles. The summed E-state index contributed by atoms with van der Waals surface area (Å²) >= 11 is 0. The number of imide groups is 1. The molecule has 3 aliphatic rings. The minimum Gasteiger partial charge on any atom is -0.371 e. The second-order valence-electron chi connectivity index (χ2n) is 9.04. The van der Waals surface area contributed by atoms with Crippen molar-refractivity contribution in [2.75, 3.05) is 18.0 Å². The van der Waals surface area contributed by atoms with Crippen LogP contribution >= 0.6 is 0 Å². The second kappa shape index (κ2) is 6.36. The highest BCUT2D eigenvalue weighted by molar-refractivity contribution is 6.05. The van der Waals surface area contributed by atoms with Crippen LogP contribution in [0.2, 0.25) is 0 Å². The van der Waals surface area contributed by atoms with Crippen molar-refractivity contribution in [3.05, 3.63) is 29.3 Å². The number of amides is 3. The first-order chi connectivity index (χ1) is 12.7. The van der Waals surface area contributed by atoms with E-state index in [2.05, 4.69) is 37.1 Å². The average molecular weight is 369 g/mol. The summed E-state index contributed by atoms with van der Waals surface area (Å²) in [6.45, 7) is 9.30. The Kier molecular flexibility index (Phi) is 4.24. The molecule has 2 atom stereocenters. The van der Waals surface area contributed by atoms with Gasteiger partial charge in [0.25, 0.3) is 5.91 Å². The maximum atomic E-state index is 13.0. The Balaban J connectivity index is 1.52. The number of carbonyl (C=O) groups excluding carboxylic acids is 3. The van der Waals surface area contributed by atoms with Gasteiger partial charge in [0, 0.05) is 37.3 Å². The lowest BCUT2D eigenvalue weighted by Crippen LogP contribution is -2.52. The molecule has 6 heteroatoms. The summed E-state index contributed by atoms with van der Waals surface area (Å²) in [5.74, 6) is -0.0836. The molecule has 144 valence electrons. The lowest BCUT2D eigenvalue weighted by atomic mass is 9.80. The standard InChI is InChI=1S/C21H27N3O3/c1-21(2,3)14-8-9-23(12-14)15-5-4-13-11-24(20(27)16(13)10-15)17-6-7-18(25)22-19(17)26/h4-5,10,14,17H,6-9,11-12H2,1-3H3,(H,22,25,26). The fourth-order valence-corrected chi connectivity index (χ4v) is 4.44. The SMILES string of the molecule is CC(C)(C)C1CCN(c2ccc3c(c2)C(=O)N(C2CCC(=O)NC2=O)C3)C1. The molecule has 0 bridgehead atoms. The van der Waals surface area contributed by atoms with E-state index in [1.54, 1.807) is 4.90 Å². The van der Waals surface area contributed by atoms with Crippen LogP contribution in [0, 0.1) is 11.3 Å². The lowest BCUT2D eigenvalue weighted by Gasteiger charge is -2.29. The van der Waals surface area contributed by atoms with Crippen molar-refractivity contribution in [3.63, 3.8) is 0 Å². The van der Waals surface area contributed by atoms with E-state index in [0.29, 0.717) is 24.4 Å². The number of nitrogens with zero attached hydrogens (tertiary/aromatic N) is 2. The maximum Gasteiger partial charge on any atom is 0.255 e. The Morgan fingerprint density at radius 3 is 2.56 bits per heavy atom. The zero-order valence-corrected chi connectivity index (χ0v) is 16.2. The lowest BCUT2D eigenvalue weighted by molar-refractivity contribution is -0.136. The van der Waals surface area contributed by atoms with Crippen LogP contribution in [-0.4, -0.2) is 41.8 Å². The molecule has 1 aromatic rings. The predicted molar refractivity (Wildman–Crippen MR) is 102 cm³/mol. The van der Waals surface area contributed by atoms with Gasteiger partial charge >= 0.3 is 0 Å². The number of rotatable bonds is 2. The smallest absolute Gasteiger partial charge is 0.255 e. The van der Waals surface area contributed by atoms with Gasteiger partial charge in [-0.2, -0.15) is 0 Å². The molecular weight excluding hydrogens is 342 g/mol.